The number of nitrogens with zero attached hydrogens (tertiary/aromatic N) is 3. The van der Waals surface area contributed by atoms with E-state index in [0.717, 1.165) is 11.1 Å². The Labute approximate surface area is 146 Å². The summed E-state index contributed by atoms with van der Waals surface area (Å²) in [6.45, 7) is 3.51. The molecule has 0 bridgehead atoms. The molecule has 26 heavy (non-hydrogen) atoms. The van der Waals surface area contributed by atoms with Gasteiger partial charge in [0.25, 0.3) is 5.91 Å². The second-order valence-corrected chi connectivity index (χ2v) is 6.60. The average Bonchev–Trinajstić information content (AvgIpc) is 2.89. The van der Waals surface area contributed by atoms with Gasteiger partial charge in [0.05, 0.1) is 17.6 Å². The van der Waals surface area contributed by atoms with Gasteiger partial charge in [0.2, 0.25) is 0 Å². The highest BCUT2D eigenvalue weighted by Gasteiger charge is 2.28. The smallest absolute Gasteiger partial charge is 0.405 e. The van der Waals surface area contributed by atoms with Crippen LogP contribution in [0.1, 0.15) is 37.0 Å². The van der Waals surface area contributed by atoms with Crippen LogP contribution in [-0.2, 0) is 6.54 Å². The van der Waals surface area contributed by atoms with E-state index in [4.69, 9.17) is 0 Å². The summed E-state index contributed by atoms with van der Waals surface area (Å²) < 4.78 is 36.5. The van der Waals surface area contributed by atoms with Gasteiger partial charge in [-0.1, -0.05) is 0 Å². The molecule has 2 heterocycles. The van der Waals surface area contributed by atoms with Crippen LogP contribution in [0.2, 0.25) is 0 Å². The van der Waals surface area contributed by atoms with Crippen molar-refractivity contribution in [1.29, 1.82) is 0 Å². The zero-order valence-corrected chi connectivity index (χ0v) is 14.3. The number of amides is 2. The lowest BCUT2D eigenvalue weighted by molar-refractivity contribution is -0.271. The van der Waals surface area contributed by atoms with E-state index in [-0.39, 0.29) is 23.6 Å². The first kappa shape index (κ1) is 19.5. The van der Waals surface area contributed by atoms with Gasteiger partial charge in [0.15, 0.2) is 5.65 Å². The van der Waals surface area contributed by atoms with Gasteiger partial charge in [-0.3, -0.25) is 4.79 Å². The Morgan fingerprint density at radius 3 is 2.50 bits per heavy atom. The van der Waals surface area contributed by atoms with Crippen molar-refractivity contribution < 1.29 is 27.9 Å². The van der Waals surface area contributed by atoms with Crippen LogP contribution in [0.15, 0.2) is 12.3 Å². The fraction of sp³-hybridized carbons (Fsp3) is 0.467. The molecule has 2 rings (SSSR count). The molecule has 2 aromatic heterocycles. The van der Waals surface area contributed by atoms with Crippen molar-refractivity contribution >= 4 is 23.2 Å². The molecule has 142 valence electrons. The van der Waals surface area contributed by atoms with Crippen LogP contribution >= 0.6 is 0 Å². The number of aromatic amines is 1. The van der Waals surface area contributed by atoms with Gasteiger partial charge in [0.1, 0.15) is 18.5 Å². The molecule has 0 fully saturated rings. The van der Waals surface area contributed by atoms with Gasteiger partial charge < -0.3 is 25.1 Å². The minimum atomic E-state index is -4.52. The fourth-order valence-corrected chi connectivity index (χ4v) is 2.16. The van der Waals surface area contributed by atoms with Gasteiger partial charge in [-0.05, 0) is 26.8 Å². The minimum Gasteiger partial charge on any atom is -0.530 e. The Kier molecular flexibility index (Phi) is 5.10. The first-order valence-electron chi connectivity index (χ1n) is 7.55. The molecule has 0 aromatic carbocycles. The largest absolute Gasteiger partial charge is 0.530 e. The number of fused-ring (bicyclic) bond motifs is 1. The average molecular weight is 372 g/mol. The van der Waals surface area contributed by atoms with Crippen molar-refractivity contribution in [3.8, 4) is 0 Å². The summed E-state index contributed by atoms with van der Waals surface area (Å²) in [6, 6.07) is 1.30. The van der Waals surface area contributed by atoms with Gasteiger partial charge in [-0.2, -0.15) is 13.2 Å². The van der Waals surface area contributed by atoms with Crippen LogP contribution in [-0.4, -0.2) is 50.1 Å². The molecular formula is C15H17F3N5O3-. The van der Waals surface area contributed by atoms with Crippen LogP contribution in [0.25, 0.3) is 11.2 Å². The lowest BCUT2D eigenvalue weighted by atomic mass is 10.1. The number of hydrogen-bond acceptors (Lipinski definition) is 5. The summed E-state index contributed by atoms with van der Waals surface area (Å²) in [5, 5.41) is 13.0. The maximum absolute atomic E-state index is 12.2. The van der Waals surface area contributed by atoms with E-state index in [9.17, 15) is 27.9 Å². The van der Waals surface area contributed by atoms with Crippen LogP contribution in [0, 0.1) is 0 Å². The van der Waals surface area contributed by atoms with Crippen molar-refractivity contribution in [2.45, 2.75) is 39.0 Å². The fourth-order valence-electron chi connectivity index (χ4n) is 2.16. The summed E-state index contributed by atoms with van der Waals surface area (Å²) >= 11 is 0. The minimum absolute atomic E-state index is 0.0791. The Morgan fingerprint density at radius 1 is 1.31 bits per heavy atom. The number of nitrogens with one attached hydrogen (secondary N) is 2. The van der Waals surface area contributed by atoms with Crippen LogP contribution in [0.5, 0.6) is 0 Å². The monoisotopic (exact) mass is 372 g/mol. The number of pyridine rings is 1. The van der Waals surface area contributed by atoms with E-state index in [1.807, 2.05) is 0 Å². The first-order chi connectivity index (χ1) is 11.9. The Hall–Kier alpha value is -2.85. The van der Waals surface area contributed by atoms with Gasteiger partial charge in [-0.15, -0.1) is 0 Å². The van der Waals surface area contributed by atoms with E-state index in [1.54, 1.807) is 26.1 Å². The molecule has 11 heteroatoms. The molecule has 0 atom stereocenters. The number of imidazole rings is 1. The van der Waals surface area contributed by atoms with Crippen molar-refractivity contribution in [2.24, 2.45) is 0 Å². The second kappa shape index (κ2) is 6.81. The maximum atomic E-state index is 12.2. The molecule has 0 aliphatic heterocycles. The first-order valence-corrected chi connectivity index (χ1v) is 7.55. The number of alkyl halides is 3. The summed E-state index contributed by atoms with van der Waals surface area (Å²) in [7, 11) is 0. The SMILES string of the molecule is CC(C)(C)N(Cc1nc2ncc(C(=O)NCC(F)(F)F)cc2[nH]1)C(=O)[O-]. The van der Waals surface area contributed by atoms with Crippen molar-refractivity contribution in [1.82, 2.24) is 25.2 Å². The number of hydrogen-bond donors (Lipinski definition) is 2. The number of rotatable bonds is 4. The molecule has 0 radical (unpaired) electrons. The van der Waals surface area contributed by atoms with Crippen LogP contribution in [0.3, 0.4) is 0 Å². The number of H-pyrrole nitrogens is 1. The predicted octanol–water partition coefficient (Wildman–Crippen LogP) is 1.19. The highest BCUT2D eigenvalue weighted by Crippen LogP contribution is 2.18. The zero-order chi connectivity index (χ0) is 19.7. The summed E-state index contributed by atoms with van der Waals surface area (Å²) in [6.07, 6.45) is -4.80. The molecule has 2 amide bonds. The molecule has 0 spiro atoms. The Balaban J connectivity index is 2.21. The Morgan fingerprint density at radius 2 is 1.96 bits per heavy atom. The molecule has 2 N–H and O–H groups in total. The standard InChI is InChI=1S/C15H18F3N5O3/c1-14(2,3)23(13(25)26)6-10-21-9-4-8(5-19-11(9)22-10)12(24)20-7-15(16,17)18/h4-5H,6-7H2,1-3H3,(H,20,24)(H,25,26)(H,19,21,22)/p-1. The second-order valence-electron chi connectivity index (χ2n) is 6.60. The highest BCUT2D eigenvalue weighted by atomic mass is 19.4. The maximum Gasteiger partial charge on any atom is 0.405 e. The number of carbonyl (C=O) groups excluding carboxylic acids is 2. The van der Waals surface area contributed by atoms with Crippen LogP contribution < -0.4 is 10.4 Å². The summed E-state index contributed by atoms with van der Waals surface area (Å²) in [5.74, 6) is -0.668. The van der Waals surface area contributed by atoms with Crippen LogP contribution in [0.4, 0.5) is 18.0 Å². The molecule has 0 saturated carbocycles. The molecule has 0 aliphatic carbocycles. The van der Waals surface area contributed by atoms with Crippen molar-refractivity contribution in [3.63, 3.8) is 0 Å². The molecule has 0 unspecified atom stereocenters. The van der Waals surface area contributed by atoms with E-state index in [2.05, 4.69) is 15.0 Å². The molecular weight excluding hydrogens is 355 g/mol. The summed E-state index contributed by atoms with van der Waals surface area (Å²) in [4.78, 5) is 34.9. The third-order valence-corrected chi connectivity index (χ3v) is 3.44. The Bertz CT molecular complexity index is 826. The van der Waals surface area contributed by atoms with Gasteiger partial charge in [0, 0.05) is 11.7 Å². The van der Waals surface area contributed by atoms with E-state index >= 15 is 0 Å². The number of carbonyl (C=O) groups is 2. The summed E-state index contributed by atoms with van der Waals surface area (Å²) in [5.41, 5.74) is -0.301. The van der Waals surface area contributed by atoms with E-state index in [1.165, 1.54) is 6.07 Å². The van der Waals surface area contributed by atoms with E-state index in [0.29, 0.717) is 5.52 Å². The normalized spacial score (nSPS) is 12.2. The quantitative estimate of drug-likeness (QED) is 0.837. The highest BCUT2D eigenvalue weighted by molar-refractivity contribution is 5.96. The van der Waals surface area contributed by atoms with E-state index < -0.39 is 30.3 Å². The molecule has 8 nitrogen and oxygen atoms in total. The lowest BCUT2D eigenvalue weighted by Gasteiger charge is -2.37. The third kappa shape index (κ3) is 4.83. The number of halogens is 3. The van der Waals surface area contributed by atoms with Crippen molar-refractivity contribution in [2.75, 3.05) is 6.54 Å². The predicted molar refractivity (Wildman–Crippen MR) is 83.0 cm³/mol. The van der Waals surface area contributed by atoms with Gasteiger partial charge in [-0.25, -0.2) is 9.97 Å². The number of carboxylic acid groups (broad SMARTS) is 1. The molecule has 2 aromatic rings. The zero-order valence-electron chi connectivity index (χ0n) is 14.3. The topological polar surface area (TPSA) is 114 Å². The number of aromatic nitrogens is 3. The third-order valence-electron chi connectivity index (χ3n) is 3.44. The lowest BCUT2D eigenvalue weighted by Crippen LogP contribution is -2.51. The van der Waals surface area contributed by atoms with Gasteiger partial charge >= 0.3 is 6.18 Å². The molecule has 0 aliphatic rings. The van der Waals surface area contributed by atoms with Crippen molar-refractivity contribution in [3.05, 3.63) is 23.7 Å². The molecule has 0 saturated heterocycles.